The quantitative estimate of drug-likeness (QED) is 0.291. The molecule has 1 heterocycles. The van der Waals surface area contributed by atoms with Crippen molar-refractivity contribution in [1.29, 1.82) is 0 Å². The van der Waals surface area contributed by atoms with E-state index in [4.69, 9.17) is 14.2 Å². The molecule has 8 nitrogen and oxygen atoms in total. The van der Waals surface area contributed by atoms with Crippen molar-refractivity contribution >= 4 is 11.9 Å². The molecule has 3 rings (SSSR count). The molecule has 0 saturated carbocycles. The van der Waals surface area contributed by atoms with Gasteiger partial charge in [-0.2, -0.15) is 0 Å². The second-order valence-corrected chi connectivity index (χ2v) is 11.0. The average Bonchev–Trinajstić information content (AvgIpc) is 3.10. The summed E-state index contributed by atoms with van der Waals surface area (Å²) in [6.45, 7) is 12.4. The molecule has 0 bridgehead atoms. The number of carbonyl (C=O) groups is 2. The average molecular weight is 540 g/mol. The predicted octanol–water partition coefficient (Wildman–Crippen LogP) is 3.50. The molecule has 0 unspecified atom stereocenters. The number of ether oxygens (including phenoxy) is 3. The number of nitrogens with zero attached hydrogens (tertiary/aromatic N) is 2. The van der Waals surface area contributed by atoms with Crippen LogP contribution < -0.4 is 5.32 Å². The van der Waals surface area contributed by atoms with Crippen molar-refractivity contribution < 1.29 is 23.8 Å². The standard InChI is InChI=1S/C31H45N3O5/c1-31(2,3)39-29(35)14-18-37-20-21-38-19-15-32-30(36)28-24-33(22-26-10-6-4-7-11-26)16-17-34(25-28)23-27-12-8-5-9-13-27/h4-13,28H,14-25H2,1-3H3,(H,32,36). The molecular weight excluding hydrogens is 494 g/mol. The van der Waals surface area contributed by atoms with Crippen LogP contribution in [0.25, 0.3) is 0 Å². The van der Waals surface area contributed by atoms with Gasteiger partial charge < -0.3 is 19.5 Å². The highest BCUT2D eigenvalue weighted by molar-refractivity contribution is 5.79. The molecule has 1 saturated heterocycles. The minimum absolute atomic E-state index is 0.0604. The number of nitrogens with one attached hydrogen (secondary N) is 1. The molecule has 0 atom stereocenters. The van der Waals surface area contributed by atoms with Gasteiger partial charge in [-0.25, -0.2) is 0 Å². The molecular formula is C31H45N3O5. The summed E-state index contributed by atoms with van der Waals surface area (Å²) in [7, 11) is 0. The van der Waals surface area contributed by atoms with Gasteiger partial charge in [0.1, 0.15) is 5.60 Å². The van der Waals surface area contributed by atoms with E-state index in [1.807, 2.05) is 32.9 Å². The fourth-order valence-corrected chi connectivity index (χ4v) is 4.54. The lowest BCUT2D eigenvalue weighted by molar-refractivity contribution is -0.156. The molecule has 2 aromatic rings. The van der Waals surface area contributed by atoms with Crippen molar-refractivity contribution in [3.05, 3.63) is 71.8 Å². The Labute approximate surface area is 233 Å². The summed E-state index contributed by atoms with van der Waals surface area (Å²) in [5.41, 5.74) is 2.03. The van der Waals surface area contributed by atoms with Gasteiger partial charge in [0, 0.05) is 45.8 Å². The third kappa shape index (κ3) is 12.7. The first-order valence-electron chi connectivity index (χ1n) is 14.0. The normalized spacial score (nSPS) is 15.6. The maximum Gasteiger partial charge on any atom is 0.308 e. The van der Waals surface area contributed by atoms with Crippen molar-refractivity contribution in [2.24, 2.45) is 5.92 Å². The summed E-state index contributed by atoms with van der Waals surface area (Å²) in [4.78, 5) is 29.7. The minimum atomic E-state index is -0.484. The molecule has 39 heavy (non-hydrogen) atoms. The third-order valence-corrected chi connectivity index (χ3v) is 6.35. The SMILES string of the molecule is CC(C)(C)OC(=O)CCOCCOCCNC(=O)C1CN(Cc2ccccc2)CCN(Cc2ccccc2)C1. The monoisotopic (exact) mass is 539 g/mol. The zero-order chi connectivity index (χ0) is 27.9. The number of esters is 1. The van der Waals surface area contributed by atoms with Crippen molar-refractivity contribution in [2.45, 2.75) is 45.9 Å². The van der Waals surface area contributed by atoms with Gasteiger partial charge in [0.2, 0.25) is 5.91 Å². The first-order chi connectivity index (χ1) is 18.8. The number of rotatable bonds is 14. The number of hydrogen-bond acceptors (Lipinski definition) is 7. The van der Waals surface area contributed by atoms with Crippen LogP contribution in [0, 0.1) is 5.92 Å². The number of carbonyl (C=O) groups excluding carboxylic acids is 2. The summed E-state index contributed by atoms with van der Waals surface area (Å²) in [5.74, 6) is -0.337. The third-order valence-electron chi connectivity index (χ3n) is 6.35. The maximum atomic E-state index is 13.2. The van der Waals surface area contributed by atoms with E-state index in [-0.39, 0.29) is 24.2 Å². The second-order valence-electron chi connectivity index (χ2n) is 11.0. The Morgan fingerprint density at radius 2 is 1.31 bits per heavy atom. The van der Waals surface area contributed by atoms with E-state index in [1.165, 1.54) is 11.1 Å². The first kappa shape index (κ1) is 30.8. The van der Waals surface area contributed by atoms with E-state index in [1.54, 1.807) is 0 Å². The van der Waals surface area contributed by atoms with Crippen molar-refractivity contribution in [2.75, 3.05) is 59.2 Å². The zero-order valence-electron chi connectivity index (χ0n) is 23.8. The van der Waals surface area contributed by atoms with Gasteiger partial charge in [-0.05, 0) is 31.9 Å². The molecule has 214 valence electrons. The topological polar surface area (TPSA) is 80.3 Å². The summed E-state index contributed by atoms with van der Waals surface area (Å²) < 4.78 is 16.3. The summed E-state index contributed by atoms with van der Waals surface area (Å²) in [6, 6.07) is 20.9. The summed E-state index contributed by atoms with van der Waals surface area (Å²) in [5, 5.41) is 3.07. The molecule has 0 aliphatic carbocycles. The maximum absolute atomic E-state index is 13.2. The highest BCUT2D eigenvalue weighted by Crippen LogP contribution is 2.16. The summed E-state index contributed by atoms with van der Waals surface area (Å²) >= 11 is 0. The Bertz CT molecular complexity index is 929. The van der Waals surface area contributed by atoms with Crippen LogP contribution in [0.2, 0.25) is 0 Å². The molecule has 8 heteroatoms. The van der Waals surface area contributed by atoms with Crippen molar-refractivity contribution in [3.8, 4) is 0 Å². The summed E-state index contributed by atoms with van der Waals surface area (Å²) in [6.07, 6.45) is 0.220. The van der Waals surface area contributed by atoms with Crippen LogP contribution in [0.4, 0.5) is 0 Å². The largest absolute Gasteiger partial charge is 0.460 e. The van der Waals surface area contributed by atoms with E-state index >= 15 is 0 Å². The molecule has 2 aromatic carbocycles. The van der Waals surface area contributed by atoms with Crippen molar-refractivity contribution in [1.82, 2.24) is 15.1 Å². The lowest BCUT2D eigenvalue weighted by Gasteiger charge is -2.24. The molecule has 0 radical (unpaired) electrons. The van der Waals surface area contributed by atoms with Gasteiger partial charge in [0.15, 0.2) is 0 Å². The van der Waals surface area contributed by atoms with Gasteiger partial charge in [0.25, 0.3) is 0 Å². The number of amides is 1. The van der Waals surface area contributed by atoms with E-state index in [9.17, 15) is 9.59 Å². The van der Waals surface area contributed by atoms with Gasteiger partial charge in [-0.15, -0.1) is 0 Å². The Hall–Kier alpha value is -2.78. The highest BCUT2D eigenvalue weighted by Gasteiger charge is 2.28. The second kappa shape index (κ2) is 16.4. The van der Waals surface area contributed by atoms with Crippen LogP contribution in [-0.4, -0.2) is 86.4 Å². The Morgan fingerprint density at radius 1 is 0.795 bits per heavy atom. The van der Waals surface area contributed by atoms with Crippen LogP contribution in [0.15, 0.2) is 60.7 Å². The van der Waals surface area contributed by atoms with Gasteiger partial charge in [0.05, 0.1) is 38.8 Å². The van der Waals surface area contributed by atoms with Crippen LogP contribution in [0.5, 0.6) is 0 Å². The highest BCUT2D eigenvalue weighted by atomic mass is 16.6. The molecule has 0 spiro atoms. The lowest BCUT2D eigenvalue weighted by atomic mass is 10.1. The van der Waals surface area contributed by atoms with Crippen LogP contribution in [0.3, 0.4) is 0 Å². The fraction of sp³-hybridized carbons (Fsp3) is 0.548. The fourth-order valence-electron chi connectivity index (χ4n) is 4.54. The molecule has 1 aliphatic rings. The molecule has 1 amide bonds. The molecule has 1 fully saturated rings. The lowest BCUT2D eigenvalue weighted by Crippen LogP contribution is -2.42. The Balaban J connectivity index is 1.39. The van der Waals surface area contributed by atoms with E-state index in [0.717, 1.165) is 39.3 Å². The predicted molar refractivity (Wildman–Crippen MR) is 152 cm³/mol. The molecule has 1 N–H and O–H groups in total. The molecule has 0 aromatic heterocycles. The van der Waals surface area contributed by atoms with E-state index in [0.29, 0.717) is 33.0 Å². The van der Waals surface area contributed by atoms with Crippen LogP contribution in [0.1, 0.15) is 38.3 Å². The van der Waals surface area contributed by atoms with E-state index < -0.39 is 5.60 Å². The van der Waals surface area contributed by atoms with Crippen LogP contribution in [-0.2, 0) is 36.9 Å². The Morgan fingerprint density at radius 3 is 1.82 bits per heavy atom. The van der Waals surface area contributed by atoms with Gasteiger partial charge >= 0.3 is 5.97 Å². The van der Waals surface area contributed by atoms with Crippen molar-refractivity contribution in [3.63, 3.8) is 0 Å². The Kier molecular flexibility index (Phi) is 12.9. The van der Waals surface area contributed by atoms with Gasteiger partial charge in [-0.3, -0.25) is 19.4 Å². The minimum Gasteiger partial charge on any atom is -0.460 e. The number of hydrogen-bond donors (Lipinski definition) is 1. The zero-order valence-corrected chi connectivity index (χ0v) is 23.8. The van der Waals surface area contributed by atoms with Gasteiger partial charge in [-0.1, -0.05) is 60.7 Å². The van der Waals surface area contributed by atoms with E-state index in [2.05, 4.69) is 63.6 Å². The smallest absolute Gasteiger partial charge is 0.308 e. The molecule has 1 aliphatic heterocycles. The first-order valence-corrected chi connectivity index (χ1v) is 14.0. The number of benzene rings is 2. The van der Waals surface area contributed by atoms with Crippen LogP contribution >= 0.6 is 0 Å².